The summed E-state index contributed by atoms with van der Waals surface area (Å²) in [6.07, 6.45) is 3.12. The zero-order valence-electron chi connectivity index (χ0n) is 10.1. The Kier molecular flexibility index (Phi) is 3.40. The van der Waals surface area contributed by atoms with Crippen LogP contribution in [-0.4, -0.2) is 20.9 Å². The fourth-order valence-corrected chi connectivity index (χ4v) is 2.78. The van der Waals surface area contributed by atoms with E-state index in [0.29, 0.717) is 27.2 Å². The van der Waals surface area contributed by atoms with Crippen molar-refractivity contribution in [3.05, 3.63) is 40.8 Å². The molecule has 0 fully saturated rings. The molecule has 3 rings (SSSR count). The van der Waals surface area contributed by atoms with Crippen LogP contribution in [0.2, 0.25) is 0 Å². The van der Waals surface area contributed by atoms with Crippen molar-refractivity contribution in [2.24, 2.45) is 0 Å². The number of pyridine rings is 1. The van der Waals surface area contributed by atoms with Gasteiger partial charge in [0.2, 0.25) is 0 Å². The van der Waals surface area contributed by atoms with Crippen LogP contribution >= 0.6 is 22.7 Å². The lowest BCUT2D eigenvalue weighted by molar-refractivity contribution is 0.102. The maximum Gasteiger partial charge on any atom is 0.259 e. The van der Waals surface area contributed by atoms with Crippen molar-refractivity contribution in [3.63, 3.8) is 0 Å². The lowest BCUT2D eigenvalue weighted by atomic mass is 10.3. The number of amides is 1. The average Bonchev–Trinajstić information content (AvgIpc) is 3.09. The van der Waals surface area contributed by atoms with Crippen LogP contribution in [0, 0.1) is 0 Å². The molecule has 8 heteroatoms. The van der Waals surface area contributed by atoms with E-state index in [1.165, 1.54) is 28.9 Å². The van der Waals surface area contributed by atoms with Gasteiger partial charge in [-0.15, -0.1) is 22.7 Å². The maximum atomic E-state index is 11.9. The van der Waals surface area contributed by atoms with Crippen molar-refractivity contribution in [3.8, 4) is 11.4 Å². The third kappa shape index (κ3) is 2.65. The molecule has 1 amide bonds. The topological polar surface area (TPSA) is 93.8 Å². The number of thiazole rings is 2. The first-order chi connectivity index (χ1) is 9.72. The molecule has 0 saturated carbocycles. The molecule has 3 heterocycles. The second-order valence-electron chi connectivity index (χ2n) is 3.80. The summed E-state index contributed by atoms with van der Waals surface area (Å²) >= 11 is 2.69. The molecule has 0 radical (unpaired) electrons. The molecule has 6 nitrogen and oxygen atoms in total. The smallest absolute Gasteiger partial charge is 0.259 e. The second-order valence-corrected chi connectivity index (χ2v) is 5.55. The molecular weight excluding hydrogens is 294 g/mol. The highest BCUT2D eigenvalue weighted by molar-refractivity contribution is 7.14. The Morgan fingerprint density at radius 1 is 1.20 bits per heavy atom. The summed E-state index contributed by atoms with van der Waals surface area (Å²) in [5, 5.41) is 7.39. The van der Waals surface area contributed by atoms with Gasteiger partial charge < -0.3 is 5.73 Å². The number of hydrogen-bond acceptors (Lipinski definition) is 7. The Balaban J connectivity index is 1.76. The van der Waals surface area contributed by atoms with Crippen molar-refractivity contribution in [2.75, 3.05) is 11.1 Å². The quantitative estimate of drug-likeness (QED) is 0.775. The minimum Gasteiger partial charge on any atom is -0.375 e. The van der Waals surface area contributed by atoms with Gasteiger partial charge in [-0.05, 0) is 12.1 Å². The summed E-state index contributed by atoms with van der Waals surface area (Å²) in [6.45, 7) is 0. The Labute approximate surface area is 122 Å². The van der Waals surface area contributed by atoms with Crippen molar-refractivity contribution in [1.29, 1.82) is 0 Å². The number of rotatable bonds is 3. The van der Waals surface area contributed by atoms with Crippen LogP contribution in [0.3, 0.4) is 0 Å². The van der Waals surface area contributed by atoms with Crippen LogP contribution in [0.25, 0.3) is 11.4 Å². The first-order valence-electron chi connectivity index (χ1n) is 5.60. The second kappa shape index (κ2) is 5.35. The van der Waals surface area contributed by atoms with Crippen molar-refractivity contribution < 1.29 is 4.79 Å². The molecule has 0 saturated heterocycles. The third-order valence-corrected chi connectivity index (χ3v) is 3.86. The largest absolute Gasteiger partial charge is 0.375 e. The van der Waals surface area contributed by atoms with Gasteiger partial charge in [0.05, 0.1) is 5.56 Å². The van der Waals surface area contributed by atoms with E-state index in [2.05, 4.69) is 20.3 Å². The van der Waals surface area contributed by atoms with Crippen LogP contribution in [0.5, 0.6) is 0 Å². The zero-order chi connectivity index (χ0) is 13.9. The van der Waals surface area contributed by atoms with Gasteiger partial charge in [0, 0.05) is 23.2 Å². The Morgan fingerprint density at radius 3 is 2.70 bits per heavy atom. The fourth-order valence-electron chi connectivity index (χ4n) is 1.52. The van der Waals surface area contributed by atoms with Crippen LogP contribution in [0.1, 0.15) is 10.4 Å². The number of nitrogen functional groups attached to an aromatic ring is 1. The number of nitrogens with two attached hydrogens (primary N) is 1. The SMILES string of the molecule is Nc1nc(-c2csc(NC(=O)c3cccnc3)n2)cs1. The van der Waals surface area contributed by atoms with E-state index in [9.17, 15) is 4.79 Å². The first-order valence-corrected chi connectivity index (χ1v) is 7.36. The standard InChI is InChI=1S/C12H9N5OS2/c13-11-15-8(5-19-11)9-6-20-12(16-9)17-10(18)7-2-1-3-14-4-7/h1-6H,(H2,13,15)(H,16,17,18). The van der Waals surface area contributed by atoms with E-state index < -0.39 is 0 Å². The van der Waals surface area contributed by atoms with Gasteiger partial charge in [-0.1, -0.05) is 0 Å². The van der Waals surface area contributed by atoms with Crippen LogP contribution in [0.4, 0.5) is 10.3 Å². The number of aromatic nitrogens is 3. The molecule has 100 valence electrons. The van der Waals surface area contributed by atoms with Gasteiger partial charge in [-0.2, -0.15) is 0 Å². The average molecular weight is 303 g/mol. The summed E-state index contributed by atoms with van der Waals surface area (Å²) < 4.78 is 0. The van der Waals surface area contributed by atoms with Crippen LogP contribution in [0.15, 0.2) is 35.3 Å². The highest BCUT2D eigenvalue weighted by Crippen LogP contribution is 2.27. The number of nitrogens with one attached hydrogen (secondary N) is 1. The van der Waals surface area contributed by atoms with Gasteiger partial charge in [-0.3, -0.25) is 15.1 Å². The summed E-state index contributed by atoms with van der Waals surface area (Å²) in [7, 11) is 0. The van der Waals surface area contributed by atoms with E-state index in [-0.39, 0.29) is 5.91 Å². The molecular formula is C12H9N5OS2. The highest BCUT2D eigenvalue weighted by atomic mass is 32.1. The number of carbonyl (C=O) groups excluding carboxylic acids is 1. The molecule has 3 aromatic rings. The molecule has 0 aromatic carbocycles. The molecule has 0 unspecified atom stereocenters. The Bertz CT molecular complexity index is 737. The van der Waals surface area contributed by atoms with Crippen LogP contribution < -0.4 is 11.1 Å². The molecule has 3 N–H and O–H groups in total. The van der Waals surface area contributed by atoms with E-state index >= 15 is 0 Å². The minimum absolute atomic E-state index is 0.239. The molecule has 0 spiro atoms. The van der Waals surface area contributed by atoms with E-state index in [4.69, 9.17) is 5.73 Å². The molecule has 0 atom stereocenters. The van der Waals surface area contributed by atoms with Gasteiger partial charge in [0.1, 0.15) is 11.4 Å². The highest BCUT2D eigenvalue weighted by Gasteiger charge is 2.11. The van der Waals surface area contributed by atoms with Crippen molar-refractivity contribution in [2.45, 2.75) is 0 Å². The monoisotopic (exact) mass is 303 g/mol. The van der Waals surface area contributed by atoms with Gasteiger partial charge in [0.25, 0.3) is 5.91 Å². The first kappa shape index (κ1) is 12.7. The predicted molar refractivity (Wildman–Crippen MR) is 79.8 cm³/mol. The maximum absolute atomic E-state index is 11.9. The van der Waals surface area contributed by atoms with Gasteiger partial charge in [-0.25, -0.2) is 9.97 Å². The number of nitrogens with zero attached hydrogens (tertiary/aromatic N) is 3. The number of carbonyl (C=O) groups is 1. The summed E-state index contributed by atoms with van der Waals surface area (Å²) in [4.78, 5) is 24.3. The zero-order valence-corrected chi connectivity index (χ0v) is 11.7. The summed E-state index contributed by atoms with van der Waals surface area (Å²) in [6, 6.07) is 3.40. The lowest BCUT2D eigenvalue weighted by Gasteiger charge is -1.99. The van der Waals surface area contributed by atoms with Crippen molar-refractivity contribution in [1.82, 2.24) is 15.0 Å². The molecule has 0 bridgehead atoms. The number of anilines is 2. The molecule has 3 aromatic heterocycles. The Morgan fingerprint density at radius 2 is 2.00 bits per heavy atom. The summed E-state index contributed by atoms with van der Waals surface area (Å²) in [5.74, 6) is -0.239. The van der Waals surface area contributed by atoms with E-state index in [1.54, 1.807) is 18.3 Å². The summed E-state index contributed by atoms with van der Waals surface area (Å²) in [5.41, 5.74) is 7.49. The molecule has 0 aliphatic rings. The van der Waals surface area contributed by atoms with E-state index in [0.717, 1.165) is 0 Å². The molecule has 20 heavy (non-hydrogen) atoms. The van der Waals surface area contributed by atoms with E-state index in [1.807, 2.05) is 10.8 Å². The predicted octanol–water partition coefficient (Wildman–Crippen LogP) is 2.50. The fraction of sp³-hybridized carbons (Fsp3) is 0. The van der Waals surface area contributed by atoms with Gasteiger partial charge >= 0.3 is 0 Å². The van der Waals surface area contributed by atoms with Crippen LogP contribution in [-0.2, 0) is 0 Å². The minimum atomic E-state index is -0.239. The lowest BCUT2D eigenvalue weighted by Crippen LogP contribution is -2.11. The molecule has 0 aliphatic heterocycles. The number of hydrogen-bond donors (Lipinski definition) is 2. The normalized spacial score (nSPS) is 10.4. The van der Waals surface area contributed by atoms with Crippen molar-refractivity contribution >= 4 is 38.8 Å². The Hall–Kier alpha value is -2.32. The van der Waals surface area contributed by atoms with Gasteiger partial charge in [0.15, 0.2) is 10.3 Å². The molecule has 0 aliphatic carbocycles. The third-order valence-electron chi connectivity index (χ3n) is 2.43.